The second-order valence-corrected chi connectivity index (χ2v) is 13.3. The van der Waals surface area contributed by atoms with Crippen LogP contribution in [0, 0.1) is 0 Å². The van der Waals surface area contributed by atoms with E-state index in [4.69, 9.17) is 14.2 Å². The number of hydrogen-bond donors (Lipinski definition) is 2. The molecule has 0 aromatic heterocycles. The van der Waals surface area contributed by atoms with Gasteiger partial charge in [0.15, 0.2) is 11.9 Å². The van der Waals surface area contributed by atoms with Crippen molar-refractivity contribution in [2.45, 2.75) is 206 Å². The first kappa shape index (κ1) is 41.8. The van der Waals surface area contributed by atoms with Crippen LogP contribution < -0.4 is 0 Å². The Labute approximate surface area is 280 Å². The predicted molar refractivity (Wildman–Crippen MR) is 184 cm³/mol. The van der Waals surface area contributed by atoms with Gasteiger partial charge in [0.05, 0.1) is 0 Å². The minimum absolute atomic E-state index is 0.179. The third-order valence-corrected chi connectivity index (χ3v) is 8.94. The summed E-state index contributed by atoms with van der Waals surface area (Å²) in [5.74, 6) is -3.68. The zero-order valence-electron chi connectivity index (χ0n) is 29.5. The molecule has 0 aromatic rings. The molecule has 1 aliphatic heterocycles. The lowest BCUT2D eigenvalue weighted by molar-refractivity contribution is -0.171. The zero-order valence-corrected chi connectivity index (χ0v) is 29.5. The van der Waals surface area contributed by atoms with Crippen molar-refractivity contribution in [3.05, 3.63) is 11.5 Å². The molecule has 0 saturated heterocycles. The summed E-state index contributed by atoms with van der Waals surface area (Å²) in [6, 6.07) is 0. The van der Waals surface area contributed by atoms with E-state index < -0.39 is 41.6 Å². The fraction of sp³-hybridized carbons (Fsp3) is 0.868. The lowest BCUT2D eigenvalue weighted by atomic mass is 10.0. The van der Waals surface area contributed by atoms with Gasteiger partial charge in [-0.15, -0.1) is 0 Å². The van der Waals surface area contributed by atoms with Crippen LogP contribution in [0.25, 0.3) is 0 Å². The fourth-order valence-electron chi connectivity index (χ4n) is 5.95. The molecule has 0 bridgehead atoms. The molecular formula is C38H68O8. The number of cyclic esters (lactones) is 1. The Bertz CT molecular complexity index is 824. The van der Waals surface area contributed by atoms with Crippen molar-refractivity contribution in [2.24, 2.45) is 0 Å². The van der Waals surface area contributed by atoms with Gasteiger partial charge in [0.25, 0.3) is 0 Å². The normalized spacial score (nSPS) is 15.3. The Hall–Kier alpha value is -2.25. The Morgan fingerprint density at radius 1 is 0.587 bits per heavy atom. The Kier molecular flexibility index (Phi) is 26.3. The molecule has 0 amide bonds. The molecule has 1 aliphatic rings. The van der Waals surface area contributed by atoms with E-state index in [1.54, 1.807) is 0 Å². The molecule has 0 spiro atoms. The number of unbranched alkanes of at least 4 members (excludes halogenated alkanes) is 24. The highest BCUT2D eigenvalue weighted by Gasteiger charge is 2.42. The third kappa shape index (κ3) is 21.5. The van der Waals surface area contributed by atoms with Gasteiger partial charge in [-0.2, -0.15) is 0 Å². The lowest BCUT2D eigenvalue weighted by Crippen LogP contribution is -2.38. The van der Waals surface area contributed by atoms with Crippen molar-refractivity contribution in [1.82, 2.24) is 0 Å². The average molecular weight is 653 g/mol. The molecule has 0 unspecified atom stereocenters. The molecule has 1 heterocycles. The molecule has 0 fully saturated rings. The summed E-state index contributed by atoms with van der Waals surface area (Å²) in [6.07, 6.45) is 29.1. The van der Waals surface area contributed by atoms with Gasteiger partial charge in [-0.25, -0.2) is 4.79 Å². The Balaban J connectivity index is 2.22. The van der Waals surface area contributed by atoms with Gasteiger partial charge in [-0.1, -0.05) is 168 Å². The monoisotopic (exact) mass is 652 g/mol. The van der Waals surface area contributed by atoms with Crippen LogP contribution in [0.15, 0.2) is 11.5 Å². The van der Waals surface area contributed by atoms with Crippen LogP contribution in [0.1, 0.15) is 194 Å². The molecule has 268 valence electrons. The number of ether oxygens (including phenoxy) is 3. The van der Waals surface area contributed by atoms with Gasteiger partial charge < -0.3 is 24.4 Å². The van der Waals surface area contributed by atoms with Crippen LogP contribution >= 0.6 is 0 Å². The average Bonchev–Trinajstić information content (AvgIpc) is 3.30. The molecule has 1 rings (SSSR count). The first-order chi connectivity index (χ1) is 22.4. The van der Waals surface area contributed by atoms with Crippen molar-refractivity contribution in [1.29, 1.82) is 0 Å². The molecule has 0 radical (unpaired) electrons. The smallest absolute Gasteiger partial charge is 0.378 e. The minimum atomic E-state index is -1.40. The van der Waals surface area contributed by atoms with E-state index in [2.05, 4.69) is 13.8 Å². The van der Waals surface area contributed by atoms with Crippen molar-refractivity contribution in [3.8, 4) is 0 Å². The van der Waals surface area contributed by atoms with Gasteiger partial charge in [0.1, 0.15) is 6.61 Å². The molecule has 2 atom stereocenters. The van der Waals surface area contributed by atoms with E-state index in [1.807, 2.05) is 0 Å². The largest absolute Gasteiger partial charge is 0.505 e. The highest BCUT2D eigenvalue weighted by Crippen LogP contribution is 2.24. The molecule has 8 nitrogen and oxygen atoms in total. The molecule has 0 saturated carbocycles. The summed E-state index contributed by atoms with van der Waals surface area (Å²) >= 11 is 0. The maximum absolute atomic E-state index is 12.6. The fourth-order valence-corrected chi connectivity index (χ4v) is 5.95. The highest BCUT2D eigenvalue weighted by atomic mass is 16.6. The highest BCUT2D eigenvalue weighted by molar-refractivity contribution is 5.89. The summed E-state index contributed by atoms with van der Waals surface area (Å²) in [5.41, 5.74) is 0. The lowest BCUT2D eigenvalue weighted by Gasteiger charge is -2.22. The van der Waals surface area contributed by atoms with Crippen molar-refractivity contribution >= 4 is 17.9 Å². The molecular weight excluding hydrogens is 584 g/mol. The number of aliphatic hydroxyl groups excluding tert-OH is 2. The number of carbonyl (C=O) groups is 3. The topological polar surface area (TPSA) is 119 Å². The van der Waals surface area contributed by atoms with E-state index in [0.717, 1.165) is 32.1 Å². The maximum atomic E-state index is 12.6. The summed E-state index contributed by atoms with van der Waals surface area (Å²) in [5, 5.41) is 19.9. The van der Waals surface area contributed by atoms with E-state index in [1.165, 1.54) is 122 Å². The van der Waals surface area contributed by atoms with Gasteiger partial charge >= 0.3 is 17.9 Å². The van der Waals surface area contributed by atoms with Crippen molar-refractivity contribution in [3.63, 3.8) is 0 Å². The summed E-state index contributed by atoms with van der Waals surface area (Å²) in [4.78, 5) is 36.7. The SMILES string of the molecule is CCCCCCCCCCCCCCCC(=O)OC[C@H](OC(=O)CCCCCCCCCCCCCCC)[C@@H]1OC(=O)C(O)=C1O. The quantitative estimate of drug-likeness (QED) is 0.0418. The van der Waals surface area contributed by atoms with E-state index >= 15 is 0 Å². The number of aliphatic hydroxyl groups is 2. The van der Waals surface area contributed by atoms with E-state index in [-0.39, 0.29) is 19.4 Å². The number of esters is 3. The Morgan fingerprint density at radius 2 is 0.935 bits per heavy atom. The van der Waals surface area contributed by atoms with E-state index in [9.17, 15) is 24.6 Å². The zero-order chi connectivity index (χ0) is 33.7. The third-order valence-electron chi connectivity index (χ3n) is 8.94. The minimum Gasteiger partial charge on any atom is -0.505 e. The molecule has 0 aromatic carbocycles. The van der Waals surface area contributed by atoms with E-state index in [0.29, 0.717) is 12.8 Å². The molecule has 46 heavy (non-hydrogen) atoms. The number of hydrogen-bond acceptors (Lipinski definition) is 8. The van der Waals surface area contributed by atoms with Gasteiger partial charge in [0, 0.05) is 12.8 Å². The van der Waals surface area contributed by atoms with Crippen molar-refractivity contribution in [2.75, 3.05) is 6.61 Å². The standard InChI is InChI=1S/C38H68O8/c1-3-5-7-9-11-13-15-17-19-21-23-25-27-29-33(39)44-31-32(37-35(41)36(42)38(43)46-37)45-34(40)30-28-26-24-22-20-18-16-14-12-10-8-6-4-2/h32,37,41-42H,3-31H2,1-2H3/t32-,37-/m0/s1. The summed E-state index contributed by atoms with van der Waals surface area (Å²) in [7, 11) is 0. The number of rotatable bonds is 32. The molecule has 0 aliphatic carbocycles. The predicted octanol–water partition coefficient (Wildman–Crippen LogP) is 10.7. The molecule has 8 heteroatoms. The van der Waals surface area contributed by atoms with Crippen molar-refractivity contribution < 1.29 is 38.8 Å². The summed E-state index contributed by atoms with van der Waals surface area (Å²) in [6.45, 7) is 4.12. The second-order valence-electron chi connectivity index (χ2n) is 13.3. The maximum Gasteiger partial charge on any atom is 0.378 e. The second kappa shape index (κ2) is 28.9. The first-order valence-electron chi connectivity index (χ1n) is 19.1. The van der Waals surface area contributed by atoms with Crippen LogP contribution in [0.5, 0.6) is 0 Å². The van der Waals surface area contributed by atoms with Crippen LogP contribution in [0.2, 0.25) is 0 Å². The summed E-state index contributed by atoms with van der Waals surface area (Å²) < 4.78 is 15.8. The van der Waals surface area contributed by atoms with Crippen LogP contribution in [-0.4, -0.2) is 46.9 Å². The van der Waals surface area contributed by atoms with Gasteiger partial charge in [0.2, 0.25) is 11.9 Å². The van der Waals surface area contributed by atoms with Crippen LogP contribution in [0.3, 0.4) is 0 Å². The van der Waals surface area contributed by atoms with Crippen LogP contribution in [0.4, 0.5) is 0 Å². The number of carbonyl (C=O) groups excluding carboxylic acids is 3. The first-order valence-corrected chi connectivity index (χ1v) is 19.1. The van der Waals surface area contributed by atoms with Gasteiger partial charge in [-0.05, 0) is 12.8 Å². The van der Waals surface area contributed by atoms with Crippen LogP contribution in [-0.2, 0) is 28.6 Å². The van der Waals surface area contributed by atoms with Gasteiger partial charge in [-0.3, -0.25) is 9.59 Å². The Morgan fingerprint density at radius 3 is 1.28 bits per heavy atom. The molecule has 2 N–H and O–H groups in total.